The van der Waals surface area contributed by atoms with Gasteiger partial charge in [-0.25, -0.2) is 4.79 Å². The van der Waals surface area contributed by atoms with E-state index in [1.165, 1.54) is 0 Å². The van der Waals surface area contributed by atoms with Gasteiger partial charge in [-0.3, -0.25) is 9.88 Å². The van der Waals surface area contributed by atoms with E-state index in [2.05, 4.69) is 21.7 Å². The molecule has 1 aliphatic heterocycles. The van der Waals surface area contributed by atoms with Crippen molar-refractivity contribution < 1.29 is 19.4 Å². The normalized spacial score (nSPS) is 17.4. The lowest BCUT2D eigenvalue weighted by Gasteiger charge is -2.19. The van der Waals surface area contributed by atoms with Crippen molar-refractivity contribution in [2.75, 3.05) is 25.0 Å². The second-order valence-corrected chi connectivity index (χ2v) is 9.67. The molecule has 1 saturated carbocycles. The molecule has 1 atom stereocenters. The van der Waals surface area contributed by atoms with Crippen molar-refractivity contribution >= 4 is 34.2 Å². The van der Waals surface area contributed by atoms with Crippen molar-refractivity contribution in [3.8, 4) is 23.3 Å². The van der Waals surface area contributed by atoms with E-state index < -0.39 is 0 Å². The molecule has 2 aliphatic rings. The van der Waals surface area contributed by atoms with E-state index >= 15 is 0 Å². The summed E-state index contributed by atoms with van der Waals surface area (Å²) in [7, 11) is 0. The Morgan fingerprint density at radius 1 is 1.22 bits per heavy atom. The molecule has 1 aliphatic carbocycles. The number of carbonyl (C=O) groups excluding carboxylic acids is 1. The summed E-state index contributed by atoms with van der Waals surface area (Å²) in [6, 6.07) is 12.3. The van der Waals surface area contributed by atoms with Crippen LogP contribution < -0.4 is 20.1 Å². The summed E-state index contributed by atoms with van der Waals surface area (Å²) in [5, 5.41) is 26.3. The van der Waals surface area contributed by atoms with Gasteiger partial charge in [-0.15, -0.1) is 0 Å². The molecule has 9 nitrogen and oxygen atoms in total. The predicted molar refractivity (Wildman–Crippen MR) is 140 cm³/mol. The van der Waals surface area contributed by atoms with E-state index in [9.17, 15) is 15.2 Å². The lowest BCUT2D eigenvalue weighted by atomic mass is 10.1. The number of aliphatic hydroxyl groups excluding tert-OH is 1. The van der Waals surface area contributed by atoms with Crippen LogP contribution in [0.15, 0.2) is 42.6 Å². The molecule has 1 saturated heterocycles. The zero-order valence-corrected chi connectivity index (χ0v) is 21.0. The average Bonchev–Trinajstić information content (AvgIpc) is 3.61. The summed E-state index contributed by atoms with van der Waals surface area (Å²) in [4.78, 5) is 18.5. The number of rotatable bonds is 9. The molecule has 1 aromatic heterocycles. The van der Waals surface area contributed by atoms with Gasteiger partial charge >= 0.3 is 6.03 Å². The van der Waals surface area contributed by atoms with Crippen LogP contribution in [0, 0.1) is 11.3 Å². The third-order valence-electron chi connectivity index (χ3n) is 6.43. The molecule has 5 rings (SSSR count). The first kappa shape index (κ1) is 25.1. The number of fused-ring (bicyclic) bond motifs is 1. The Balaban J connectivity index is 1.27. The number of aromatic nitrogens is 1. The number of nitrogens with zero attached hydrogens (tertiary/aromatic N) is 3. The smallest absolute Gasteiger partial charge is 0.319 e. The summed E-state index contributed by atoms with van der Waals surface area (Å²) >= 11 is 6.38. The summed E-state index contributed by atoms with van der Waals surface area (Å²) in [5.74, 6) is 1.46. The Morgan fingerprint density at radius 2 is 2.08 bits per heavy atom. The number of benzene rings is 2. The molecule has 192 valence electrons. The van der Waals surface area contributed by atoms with Crippen LogP contribution in [0.3, 0.4) is 0 Å². The van der Waals surface area contributed by atoms with Crippen LogP contribution in [0.1, 0.15) is 37.7 Å². The van der Waals surface area contributed by atoms with Gasteiger partial charge in [0.25, 0.3) is 0 Å². The third-order valence-corrected chi connectivity index (χ3v) is 6.74. The van der Waals surface area contributed by atoms with E-state index in [1.807, 2.05) is 4.90 Å². The van der Waals surface area contributed by atoms with Crippen molar-refractivity contribution in [2.24, 2.45) is 0 Å². The van der Waals surface area contributed by atoms with Gasteiger partial charge in [-0.05, 0) is 56.4 Å². The number of hydrogen-bond acceptors (Lipinski definition) is 7. The predicted octanol–water partition coefficient (Wildman–Crippen LogP) is 5.02. The highest BCUT2D eigenvalue weighted by Gasteiger charge is 2.23. The maximum Gasteiger partial charge on any atom is 0.319 e. The molecule has 0 bridgehead atoms. The van der Waals surface area contributed by atoms with Crippen molar-refractivity contribution in [1.82, 2.24) is 15.2 Å². The van der Waals surface area contributed by atoms with E-state index in [-0.39, 0.29) is 18.3 Å². The maximum atomic E-state index is 12.0. The van der Waals surface area contributed by atoms with E-state index in [4.69, 9.17) is 21.1 Å². The molecule has 37 heavy (non-hydrogen) atoms. The fraction of sp³-hybridized carbons (Fsp3) is 0.370. The molecule has 2 amide bonds. The van der Waals surface area contributed by atoms with Gasteiger partial charge in [0.1, 0.15) is 29.5 Å². The minimum Gasteiger partial charge on any atom is -0.492 e. The zero-order chi connectivity index (χ0) is 25.8. The molecule has 2 heterocycles. The van der Waals surface area contributed by atoms with Gasteiger partial charge < -0.3 is 25.2 Å². The molecular weight excluding hydrogens is 494 g/mol. The van der Waals surface area contributed by atoms with Crippen LogP contribution in [0.2, 0.25) is 5.02 Å². The number of hydrogen-bond donors (Lipinski definition) is 3. The third kappa shape index (κ3) is 6.23. The Hall–Kier alpha value is -3.58. The highest BCUT2D eigenvalue weighted by Crippen LogP contribution is 2.35. The largest absolute Gasteiger partial charge is 0.492 e. The van der Waals surface area contributed by atoms with Crippen LogP contribution in [0.4, 0.5) is 10.5 Å². The van der Waals surface area contributed by atoms with Gasteiger partial charge in [-0.2, -0.15) is 5.26 Å². The van der Waals surface area contributed by atoms with Crippen LogP contribution in [-0.4, -0.2) is 53.0 Å². The number of anilines is 1. The van der Waals surface area contributed by atoms with Gasteiger partial charge in [-0.1, -0.05) is 11.6 Å². The number of amides is 2. The fourth-order valence-electron chi connectivity index (χ4n) is 4.32. The van der Waals surface area contributed by atoms with E-state index in [0.717, 1.165) is 45.2 Å². The van der Waals surface area contributed by atoms with Gasteiger partial charge in [0, 0.05) is 42.8 Å². The molecule has 10 heteroatoms. The Morgan fingerprint density at radius 3 is 2.81 bits per heavy atom. The number of urea groups is 1. The number of aliphatic hydroxyl groups is 1. The second-order valence-electron chi connectivity index (χ2n) is 9.26. The number of carbonyl (C=O) groups is 1. The fourth-order valence-corrected chi connectivity index (χ4v) is 4.54. The van der Waals surface area contributed by atoms with Gasteiger partial charge in [0.05, 0.1) is 28.4 Å². The first-order valence-corrected chi connectivity index (χ1v) is 12.8. The quantitative estimate of drug-likeness (QED) is 0.338. The highest BCUT2D eigenvalue weighted by atomic mass is 35.5. The SMILES string of the molecule is N#Cc1cc2c(Oc3ccc(NC(=O)NC4CC4)c(Cl)c3)ccnc2cc1OCCCN1CCC[C@H]1O. The Bertz CT molecular complexity index is 1340. The van der Waals surface area contributed by atoms with Gasteiger partial charge in [0.2, 0.25) is 0 Å². The number of nitriles is 1. The van der Waals surface area contributed by atoms with E-state index in [0.29, 0.717) is 51.0 Å². The zero-order valence-electron chi connectivity index (χ0n) is 20.2. The number of likely N-dealkylation sites (tertiary alicyclic amines) is 1. The standard InChI is InChI=1S/C27H28ClN5O4/c28-21-14-19(6-7-22(21)32-27(35)31-18-4-5-18)37-24-8-9-30-23-15-25(17(16-29)13-20(23)24)36-12-2-11-33-10-1-3-26(33)34/h6-9,13-15,18,26,34H,1-5,10-12H2,(H2,31,32,35)/t26-/m1/s1. The monoisotopic (exact) mass is 521 g/mol. The molecule has 2 aromatic carbocycles. The molecule has 3 aromatic rings. The molecule has 3 N–H and O–H groups in total. The molecule has 0 unspecified atom stereocenters. The molecule has 0 radical (unpaired) electrons. The Labute approximate surface area is 219 Å². The number of nitrogens with one attached hydrogen (secondary N) is 2. The van der Waals surface area contributed by atoms with Crippen LogP contribution >= 0.6 is 11.6 Å². The molecular formula is C27H28ClN5O4. The van der Waals surface area contributed by atoms with Crippen molar-refractivity contribution in [1.29, 1.82) is 5.26 Å². The highest BCUT2D eigenvalue weighted by molar-refractivity contribution is 6.33. The molecule has 2 fully saturated rings. The average molecular weight is 522 g/mol. The summed E-state index contributed by atoms with van der Waals surface area (Å²) in [6.07, 6.45) is 5.81. The number of halogens is 1. The number of pyridine rings is 1. The summed E-state index contributed by atoms with van der Waals surface area (Å²) in [5.41, 5.74) is 1.49. The second kappa shape index (κ2) is 11.2. The lowest BCUT2D eigenvalue weighted by Crippen LogP contribution is -2.30. The van der Waals surface area contributed by atoms with Crippen molar-refractivity contribution in [2.45, 2.75) is 44.4 Å². The first-order chi connectivity index (χ1) is 18.0. The minimum atomic E-state index is -0.368. The molecule has 0 spiro atoms. The van der Waals surface area contributed by atoms with Crippen molar-refractivity contribution in [3.63, 3.8) is 0 Å². The topological polar surface area (TPSA) is 120 Å². The summed E-state index contributed by atoms with van der Waals surface area (Å²) < 4.78 is 12.0. The summed E-state index contributed by atoms with van der Waals surface area (Å²) in [6.45, 7) is 2.07. The van der Waals surface area contributed by atoms with E-state index in [1.54, 1.807) is 42.6 Å². The van der Waals surface area contributed by atoms with Crippen molar-refractivity contribution in [3.05, 3.63) is 53.2 Å². The van der Waals surface area contributed by atoms with Gasteiger partial charge in [0.15, 0.2) is 0 Å². The lowest BCUT2D eigenvalue weighted by molar-refractivity contribution is 0.0353. The minimum absolute atomic E-state index is 0.245. The maximum absolute atomic E-state index is 12.0. The van der Waals surface area contributed by atoms with Crippen LogP contribution in [-0.2, 0) is 0 Å². The van der Waals surface area contributed by atoms with Crippen LogP contribution in [0.25, 0.3) is 10.9 Å². The van der Waals surface area contributed by atoms with Crippen LogP contribution in [0.5, 0.6) is 17.2 Å². The number of ether oxygens (including phenoxy) is 2. The Kier molecular flexibility index (Phi) is 7.60. The first-order valence-electron chi connectivity index (χ1n) is 12.4.